The molecule has 2 aliphatic carbocycles. The Morgan fingerprint density at radius 2 is 1.70 bits per heavy atom. The van der Waals surface area contributed by atoms with Gasteiger partial charge in [0.1, 0.15) is 12.4 Å². The number of nitrogens with one attached hydrogen (secondary N) is 1. The minimum atomic E-state index is -0.478. The summed E-state index contributed by atoms with van der Waals surface area (Å²) >= 11 is 15.6. The molecule has 3 fully saturated rings. The van der Waals surface area contributed by atoms with Gasteiger partial charge in [0.2, 0.25) is 11.8 Å². The van der Waals surface area contributed by atoms with E-state index in [0.717, 1.165) is 27.5 Å². The molecule has 1 saturated heterocycles. The number of fused-ring (bicyclic) bond motifs is 9. The maximum Gasteiger partial charge on any atom is 0.338 e. The number of thiazole rings is 1. The summed E-state index contributed by atoms with van der Waals surface area (Å²) in [6, 6.07) is 19.5. The molecule has 2 bridgehead atoms. The maximum atomic E-state index is 14.2. The number of aromatic nitrogens is 1. The molecule has 3 heterocycles. The minimum absolute atomic E-state index is 0.00616. The number of benzene rings is 3. The molecule has 3 aromatic carbocycles. The lowest BCUT2D eigenvalue weighted by Crippen LogP contribution is -2.42. The van der Waals surface area contributed by atoms with Gasteiger partial charge in [-0.25, -0.2) is 4.79 Å². The molecule has 4 aromatic rings. The number of aromatic amines is 1. The molecule has 240 valence electrons. The maximum absolute atomic E-state index is 14.2. The molecule has 0 radical (unpaired) electrons. The van der Waals surface area contributed by atoms with E-state index in [1.165, 1.54) is 16.2 Å². The molecule has 2 aliphatic heterocycles. The summed E-state index contributed by atoms with van der Waals surface area (Å²) in [4.78, 5) is 58.3. The normalized spacial score (nSPS) is 27.0. The number of ether oxygens (including phenoxy) is 2. The van der Waals surface area contributed by atoms with Crippen LogP contribution in [0.4, 0.5) is 5.69 Å². The van der Waals surface area contributed by atoms with Crippen molar-refractivity contribution in [3.8, 4) is 5.75 Å². The molecule has 0 spiro atoms. The summed E-state index contributed by atoms with van der Waals surface area (Å²) in [5, 5.41) is 1.97. The molecule has 8 nitrogen and oxygen atoms in total. The van der Waals surface area contributed by atoms with Crippen molar-refractivity contribution in [1.82, 2.24) is 4.98 Å². The highest BCUT2D eigenvalue weighted by Crippen LogP contribution is 2.69. The fourth-order valence-electron chi connectivity index (χ4n) is 8.26. The van der Waals surface area contributed by atoms with E-state index in [4.69, 9.17) is 32.7 Å². The van der Waals surface area contributed by atoms with Crippen molar-refractivity contribution >= 4 is 69.8 Å². The lowest BCUT2D eigenvalue weighted by molar-refractivity contribution is -0.123. The number of hydrogen-bond acceptors (Lipinski definition) is 8. The smallest absolute Gasteiger partial charge is 0.338 e. The number of carbonyl (C=O) groups is 3. The van der Waals surface area contributed by atoms with Crippen LogP contribution in [0, 0.1) is 29.6 Å². The largest absolute Gasteiger partial charge is 0.489 e. The van der Waals surface area contributed by atoms with Crippen LogP contribution in [-0.4, -0.2) is 34.6 Å². The van der Waals surface area contributed by atoms with E-state index in [9.17, 15) is 19.2 Å². The number of nitrogens with zero attached hydrogens (tertiary/aromatic N) is 1. The number of thioether (sulfide) groups is 1. The van der Waals surface area contributed by atoms with Gasteiger partial charge in [0.05, 0.1) is 34.7 Å². The van der Waals surface area contributed by atoms with Crippen molar-refractivity contribution in [3.05, 3.63) is 108 Å². The van der Waals surface area contributed by atoms with E-state index in [1.807, 2.05) is 36.4 Å². The predicted molar refractivity (Wildman–Crippen MR) is 181 cm³/mol. The third-order valence-electron chi connectivity index (χ3n) is 9.95. The van der Waals surface area contributed by atoms with Crippen LogP contribution in [0.5, 0.6) is 5.75 Å². The summed E-state index contributed by atoms with van der Waals surface area (Å²) in [7, 11) is 0. The van der Waals surface area contributed by atoms with Crippen LogP contribution in [-0.2, 0) is 20.9 Å². The van der Waals surface area contributed by atoms with E-state index in [1.54, 1.807) is 49.0 Å². The third kappa shape index (κ3) is 5.03. The fourth-order valence-corrected chi connectivity index (χ4v) is 11.5. The van der Waals surface area contributed by atoms with E-state index >= 15 is 0 Å². The molecule has 12 heteroatoms. The fraction of sp³-hybridized carbons (Fsp3) is 0.314. The lowest BCUT2D eigenvalue weighted by atomic mass is 9.68. The SMILES string of the molecule is CCOC(=O)c1ccc(N2C(=O)[C@H]3[C@H]4C[C@@H]([C@@H]3C2=O)[C@H]2[C@H](c3cc(Cl)ccc3OCc3cccc(Cl)c3)c3sc(=O)[nH]c3S[C@H]42)cc1. The molecule has 2 amide bonds. The van der Waals surface area contributed by atoms with Crippen molar-refractivity contribution < 1.29 is 23.9 Å². The monoisotopic (exact) mass is 706 g/mol. The Labute approximate surface area is 288 Å². The molecule has 2 saturated carbocycles. The van der Waals surface area contributed by atoms with Crippen LogP contribution >= 0.6 is 46.3 Å². The van der Waals surface area contributed by atoms with Gasteiger partial charge in [-0.05, 0) is 91.3 Å². The van der Waals surface area contributed by atoms with Gasteiger partial charge >= 0.3 is 10.8 Å². The van der Waals surface area contributed by atoms with Crippen LogP contribution < -0.4 is 14.5 Å². The van der Waals surface area contributed by atoms with Gasteiger partial charge in [-0.3, -0.25) is 19.3 Å². The van der Waals surface area contributed by atoms with Crippen molar-refractivity contribution in [2.75, 3.05) is 11.5 Å². The molecular weight excluding hydrogens is 679 g/mol. The zero-order valence-electron chi connectivity index (χ0n) is 25.0. The van der Waals surface area contributed by atoms with E-state index in [0.29, 0.717) is 27.0 Å². The van der Waals surface area contributed by atoms with Crippen molar-refractivity contribution in [3.63, 3.8) is 0 Å². The van der Waals surface area contributed by atoms with E-state index in [2.05, 4.69) is 4.98 Å². The van der Waals surface area contributed by atoms with Crippen molar-refractivity contribution in [1.29, 1.82) is 0 Å². The Kier molecular flexibility index (Phi) is 7.74. The number of hydrogen-bond donors (Lipinski definition) is 1. The number of carbonyl (C=O) groups excluding carboxylic acids is 3. The van der Waals surface area contributed by atoms with Crippen molar-refractivity contribution in [2.45, 2.75) is 36.1 Å². The Morgan fingerprint density at radius 1 is 0.957 bits per heavy atom. The Morgan fingerprint density at radius 3 is 2.45 bits per heavy atom. The predicted octanol–water partition coefficient (Wildman–Crippen LogP) is 7.18. The van der Waals surface area contributed by atoms with Gasteiger partial charge in [0.15, 0.2) is 0 Å². The Hall–Kier alpha value is -3.57. The number of rotatable bonds is 7. The summed E-state index contributed by atoms with van der Waals surface area (Å²) in [6.45, 7) is 2.27. The molecule has 47 heavy (non-hydrogen) atoms. The molecule has 7 atom stereocenters. The average Bonchev–Trinajstić information content (AvgIpc) is 3.79. The second-order valence-electron chi connectivity index (χ2n) is 12.3. The summed E-state index contributed by atoms with van der Waals surface area (Å²) in [5.41, 5.74) is 2.58. The first-order valence-electron chi connectivity index (χ1n) is 15.4. The van der Waals surface area contributed by atoms with Crippen LogP contribution in [0.2, 0.25) is 10.0 Å². The first-order valence-corrected chi connectivity index (χ1v) is 17.9. The van der Waals surface area contributed by atoms with Gasteiger partial charge in [-0.1, -0.05) is 46.7 Å². The first-order chi connectivity index (χ1) is 22.7. The standard InChI is InChI=1S/C35H28Cl2N2O6S2/c1-2-44-34(42)17-6-9-20(10-7-17)39-32(40)27-22-14-23(28(27)33(39)41)29-26(22)25(30-31(46-29)38-35(43)47-30)21-13-19(37)8-11-24(21)45-15-16-4-3-5-18(36)12-16/h3-13,22-23,25-29H,2,14-15H2,1H3,(H,38,43)/t22-,23-,25+,26+,27+,28+,29-/m1/s1. The molecule has 1 N–H and O–H groups in total. The Balaban J connectivity index is 1.15. The quantitative estimate of drug-likeness (QED) is 0.160. The third-order valence-corrected chi connectivity index (χ3v) is 13.0. The second-order valence-corrected chi connectivity index (χ2v) is 15.4. The average molecular weight is 708 g/mol. The first kappa shape index (κ1) is 30.7. The highest BCUT2D eigenvalue weighted by atomic mass is 35.5. The van der Waals surface area contributed by atoms with E-state index < -0.39 is 17.8 Å². The Bertz CT molecular complexity index is 1990. The highest BCUT2D eigenvalue weighted by Gasteiger charge is 2.69. The molecule has 4 aliphatic rings. The van der Waals surface area contributed by atoms with Crippen LogP contribution in [0.3, 0.4) is 0 Å². The minimum Gasteiger partial charge on any atom is -0.489 e. The van der Waals surface area contributed by atoms with E-state index in [-0.39, 0.29) is 58.8 Å². The number of H-pyrrole nitrogens is 1. The zero-order valence-corrected chi connectivity index (χ0v) is 28.1. The molecular formula is C35H28Cl2N2O6S2. The van der Waals surface area contributed by atoms with Gasteiger partial charge < -0.3 is 14.5 Å². The lowest BCUT2D eigenvalue weighted by Gasteiger charge is -2.43. The second kappa shape index (κ2) is 11.8. The number of anilines is 1. The number of esters is 1. The van der Waals surface area contributed by atoms with Crippen LogP contribution in [0.15, 0.2) is 76.6 Å². The number of halogens is 2. The zero-order chi connectivity index (χ0) is 32.6. The molecule has 1 aromatic heterocycles. The summed E-state index contributed by atoms with van der Waals surface area (Å²) in [6.07, 6.45) is 0.750. The van der Waals surface area contributed by atoms with Gasteiger partial charge in [-0.2, -0.15) is 0 Å². The number of amides is 2. The highest BCUT2D eigenvalue weighted by molar-refractivity contribution is 8.00. The molecule has 0 unspecified atom stereocenters. The number of imide groups is 1. The van der Waals surface area contributed by atoms with Gasteiger partial charge in [-0.15, -0.1) is 11.8 Å². The van der Waals surface area contributed by atoms with Crippen LogP contribution in [0.25, 0.3) is 0 Å². The van der Waals surface area contributed by atoms with Gasteiger partial charge in [0.25, 0.3) is 0 Å². The topological polar surface area (TPSA) is 106 Å². The van der Waals surface area contributed by atoms with Crippen molar-refractivity contribution in [2.24, 2.45) is 29.6 Å². The summed E-state index contributed by atoms with van der Waals surface area (Å²) in [5.74, 6) is -1.57. The van der Waals surface area contributed by atoms with Crippen LogP contribution in [0.1, 0.15) is 45.6 Å². The van der Waals surface area contributed by atoms with Gasteiger partial charge in [0, 0.05) is 31.7 Å². The molecule has 8 rings (SSSR count). The summed E-state index contributed by atoms with van der Waals surface area (Å²) < 4.78 is 11.5.